The van der Waals surface area contributed by atoms with Gasteiger partial charge in [0.15, 0.2) is 36.0 Å². The molecule has 15 rings (SSSR count). The molecule has 24 atom stereocenters. The Morgan fingerprint density at radius 2 is 0.976 bits per heavy atom. The van der Waals surface area contributed by atoms with Gasteiger partial charge in [-0.15, -0.1) is 0 Å². The molecule has 125 heavy (non-hydrogen) atoms. The topological polar surface area (TPSA) is 400 Å². The highest BCUT2D eigenvalue weighted by Gasteiger charge is 2.80. The van der Waals surface area contributed by atoms with Gasteiger partial charge in [0.25, 0.3) is 0 Å². The molecule has 33 heteroatoms. The largest absolute Gasteiger partial charge is 0.456 e. The summed E-state index contributed by atoms with van der Waals surface area (Å²) in [4.78, 5) is 120. The van der Waals surface area contributed by atoms with Crippen molar-refractivity contribution in [1.82, 2.24) is 25.5 Å². The third kappa shape index (κ3) is 16.6. The van der Waals surface area contributed by atoms with Crippen LogP contribution in [0.4, 0.5) is 18.4 Å². The highest BCUT2D eigenvalue weighted by Crippen LogP contribution is 2.70. The van der Waals surface area contributed by atoms with E-state index in [0.717, 1.165) is 31.6 Å². The number of benzene rings is 2. The molecule has 31 nitrogen and oxygen atoms in total. The Bertz CT molecular complexity index is 4880. The second kappa shape index (κ2) is 34.1. The molecule has 4 saturated carbocycles. The molecule has 9 fully saturated rings. The number of amides is 2. The lowest BCUT2D eigenvalue weighted by atomic mass is 9.45. The fourth-order valence-electron chi connectivity index (χ4n) is 21.7. The first-order valence-corrected chi connectivity index (χ1v) is 42.6. The number of aromatic nitrogens is 2. The maximum absolute atomic E-state index is 15.4. The lowest BCUT2D eigenvalue weighted by Crippen LogP contribution is -2.79. The standard InChI is InChI=1S/C47H60FN3O13.C45H55FN2O13/c1-25-29(59-41(55)35(53)34(33-28(48)16-12-19-49-33)50-42(56)64-43(3,4)5)22-47(57)39(62-40(54)27-14-10-9-11-15-27)37-45(8,18-17-30-46(37,24-58-30)63-26(2)52)38-36(32(25)44(47,6)7)60-31(61-38)23-51-20-13-21-51;1-10-29-57-34-30-23(2)27(56-39(52)33(50)32(31-26(46)17-14-20-47-31)48-40(53)61-41(4,5)6)21-45(54,42(30,7)8)37(59-38(51)25-15-12-11-13-16-25)35-43(9,36(34)58-29)19-18-28-44(35,22-55-28)60-24(3)49/h9-12,14-16,19,29-31,34-39,53,57H,13,17-18,20-24H2,1-8H3,(H,50,56);10-17,20,27-29,32-37,50,54H,1,18-19,21-22H2,2-9H3,(H,48,53)/t29-,30+,31+,34-,35+,36+,37-,38+,39-,45+,46-,47+;27-,28+,29+,32-,33+,34+,35-,36+,37-,43+,44-,45+/m00/s1. The summed E-state index contributed by atoms with van der Waals surface area (Å²) < 4.78 is 119. The minimum atomic E-state index is -2.25. The summed E-state index contributed by atoms with van der Waals surface area (Å²) in [6.07, 6.45) is -12.5. The number of esters is 6. The maximum Gasteiger partial charge on any atom is 0.408 e. The summed E-state index contributed by atoms with van der Waals surface area (Å²) in [5.74, 6) is -9.11. The zero-order valence-corrected chi connectivity index (χ0v) is 73.3. The minimum absolute atomic E-state index is 0.0503. The molecule has 6 aliphatic carbocycles. The van der Waals surface area contributed by atoms with Gasteiger partial charge in [-0.1, -0.05) is 84.5 Å². The third-order valence-electron chi connectivity index (χ3n) is 27.8. The summed E-state index contributed by atoms with van der Waals surface area (Å²) in [7, 11) is 0. The van der Waals surface area contributed by atoms with Crippen molar-refractivity contribution in [2.45, 2.75) is 287 Å². The summed E-state index contributed by atoms with van der Waals surface area (Å²) in [6, 6.07) is 17.7. The van der Waals surface area contributed by atoms with E-state index in [-0.39, 0.29) is 30.8 Å². The van der Waals surface area contributed by atoms with Gasteiger partial charge in [-0.2, -0.15) is 0 Å². The van der Waals surface area contributed by atoms with Gasteiger partial charge in [0, 0.05) is 67.3 Å². The van der Waals surface area contributed by atoms with Crippen molar-refractivity contribution in [3.8, 4) is 0 Å². The second-order valence-corrected chi connectivity index (χ2v) is 38.5. The maximum atomic E-state index is 15.4. The minimum Gasteiger partial charge on any atom is -0.456 e. The van der Waals surface area contributed by atoms with Crippen molar-refractivity contribution in [2.24, 2.45) is 33.5 Å². The highest BCUT2D eigenvalue weighted by atomic mass is 19.1. The van der Waals surface area contributed by atoms with Crippen LogP contribution < -0.4 is 10.6 Å². The summed E-state index contributed by atoms with van der Waals surface area (Å²) >= 11 is 0. The van der Waals surface area contributed by atoms with Gasteiger partial charge in [0.2, 0.25) is 0 Å². The predicted octanol–water partition coefficient (Wildman–Crippen LogP) is 9.90. The molecule has 678 valence electrons. The van der Waals surface area contributed by atoms with Crippen LogP contribution in [0.25, 0.3) is 0 Å². The molecular formula is C92H115F2N5O26. The summed E-state index contributed by atoms with van der Waals surface area (Å²) in [6.45, 7) is 32.8. The highest BCUT2D eigenvalue weighted by molar-refractivity contribution is 5.90. The average molecular weight is 1740 g/mol. The Morgan fingerprint density at radius 3 is 1.33 bits per heavy atom. The van der Waals surface area contributed by atoms with Crippen molar-refractivity contribution < 1.29 is 134 Å². The van der Waals surface area contributed by atoms with E-state index in [2.05, 4.69) is 32.1 Å². The van der Waals surface area contributed by atoms with Gasteiger partial charge in [-0.3, -0.25) is 24.5 Å². The van der Waals surface area contributed by atoms with E-state index in [1.165, 1.54) is 44.4 Å². The number of aliphatic hydroxyl groups is 4. The van der Waals surface area contributed by atoms with Crippen molar-refractivity contribution in [1.29, 1.82) is 0 Å². The Balaban J connectivity index is 0.000000203. The first kappa shape index (κ1) is 91.9. The Morgan fingerprint density at radius 1 is 0.576 bits per heavy atom. The zero-order valence-electron chi connectivity index (χ0n) is 73.3. The molecular weight excluding hydrogens is 1630 g/mol. The smallest absolute Gasteiger partial charge is 0.408 e. The van der Waals surface area contributed by atoms with E-state index in [1.807, 2.05) is 27.7 Å². The quantitative estimate of drug-likeness (QED) is 0.0289. The van der Waals surface area contributed by atoms with Crippen LogP contribution in [-0.2, 0) is 85.5 Å². The summed E-state index contributed by atoms with van der Waals surface area (Å²) in [5, 5.41) is 55.8. The molecule has 6 N–H and O–H groups in total. The zero-order chi connectivity index (χ0) is 90.6. The molecule has 2 amide bonds. The molecule has 0 radical (unpaired) electrons. The molecule has 7 heterocycles. The molecule has 5 saturated heterocycles. The lowest BCUT2D eigenvalue weighted by molar-refractivity contribution is -0.345. The molecule has 4 bridgehead atoms. The van der Waals surface area contributed by atoms with Crippen molar-refractivity contribution >= 4 is 48.0 Å². The third-order valence-corrected chi connectivity index (χ3v) is 27.8. The second-order valence-electron chi connectivity index (χ2n) is 38.5. The first-order chi connectivity index (χ1) is 58.7. The number of likely N-dealkylation sites (tertiary alicyclic amines) is 1. The van der Waals surface area contributed by atoms with Crippen molar-refractivity contribution in [3.05, 3.63) is 166 Å². The number of pyridine rings is 2. The van der Waals surface area contributed by atoms with Crippen LogP contribution >= 0.6 is 0 Å². The van der Waals surface area contributed by atoms with Crippen LogP contribution in [0.15, 0.2) is 132 Å². The molecule has 2 aromatic heterocycles. The van der Waals surface area contributed by atoms with E-state index in [0.29, 0.717) is 54.5 Å². The van der Waals surface area contributed by atoms with Crippen LogP contribution in [0.1, 0.15) is 200 Å². The summed E-state index contributed by atoms with van der Waals surface area (Å²) in [5.41, 5.74) is -12.3. The van der Waals surface area contributed by atoms with Gasteiger partial charge in [0.05, 0.1) is 48.4 Å². The molecule has 5 aliphatic heterocycles. The van der Waals surface area contributed by atoms with Crippen LogP contribution in [0.5, 0.6) is 0 Å². The van der Waals surface area contributed by atoms with Gasteiger partial charge >= 0.3 is 48.0 Å². The van der Waals surface area contributed by atoms with Gasteiger partial charge in [0.1, 0.15) is 106 Å². The number of alkyl carbamates (subject to hydrolysis) is 2. The molecule has 2 aromatic carbocycles. The number of carbonyl (C=O) groups excluding carboxylic acids is 8. The van der Waals surface area contributed by atoms with E-state index >= 15 is 8.78 Å². The number of hydrogen-bond acceptors (Lipinski definition) is 29. The Labute approximate surface area is 724 Å². The van der Waals surface area contributed by atoms with Crippen LogP contribution in [0.3, 0.4) is 0 Å². The van der Waals surface area contributed by atoms with Gasteiger partial charge < -0.3 is 97.4 Å². The number of halogens is 2. The fourth-order valence-corrected chi connectivity index (χ4v) is 21.7. The number of fused-ring (bicyclic) bond motifs is 16. The number of carbonyl (C=O) groups is 8. The monoisotopic (exact) mass is 1740 g/mol. The van der Waals surface area contributed by atoms with Gasteiger partial charge in [-0.25, -0.2) is 37.5 Å². The fraction of sp³-hybridized carbons (Fsp3) is 0.609. The molecule has 4 aromatic rings. The SMILES string of the molecule is C=C[C@@H]1O[C@@H]2C3=C(C)[C@@H](OC(=O)[C@H](O)[C@@H](NC(=O)OC(C)(C)C)c4ncccc4F)C[C@@](O)([C@@H](OC(=O)c4ccccc4)[C@H]4[C@@](C)(CC[C@H]5OC[C@]54OC(C)=O)[C@@H]2O1)C3(C)C.CC(=O)O[C@@]12CO[C@@H]1CC[C@@]1(C)[C@@H]3O[C@H](CN4CCC4)O[C@@H]3C3=C(C)[C@@H](OC(=O)[C@H](O)[C@@H](NC(=O)OC(C)(C)C)c4ncccc4F)C[C@@](O)([C@@H](OC(=O)c4ccccc4)[C@@H]12)C3(C)C. The van der Waals surface area contributed by atoms with E-state index in [1.54, 1.807) is 130 Å². The van der Waals surface area contributed by atoms with Crippen LogP contribution in [0.2, 0.25) is 0 Å². The number of hydrogen-bond donors (Lipinski definition) is 6. The number of rotatable bonds is 19. The predicted molar refractivity (Wildman–Crippen MR) is 436 cm³/mol. The number of aliphatic hydroxyl groups excluding tert-OH is 2. The average Bonchev–Trinajstić information content (AvgIpc) is 1.66. The van der Waals surface area contributed by atoms with E-state index in [4.69, 9.17) is 66.3 Å². The first-order valence-electron chi connectivity index (χ1n) is 42.6. The van der Waals surface area contributed by atoms with Crippen molar-refractivity contribution in [2.75, 3.05) is 32.8 Å². The molecule has 0 spiro atoms. The molecule has 0 unspecified atom stereocenters. The van der Waals surface area contributed by atoms with E-state index in [9.17, 15) is 58.8 Å². The number of ether oxygens (including phenoxy) is 14. The number of nitrogens with zero attached hydrogens (tertiary/aromatic N) is 3. The number of nitrogens with one attached hydrogen (secondary N) is 2. The normalized spacial score (nSPS) is 34.8. The van der Waals surface area contributed by atoms with Crippen LogP contribution in [0, 0.1) is 45.1 Å². The van der Waals surface area contributed by atoms with E-state index < -0.39 is 242 Å². The van der Waals surface area contributed by atoms with Crippen molar-refractivity contribution in [3.63, 3.8) is 0 Å². The van der Waals surface area contributed by atoms with Gasteiger partial charge in [-0.05, 0) is 177 Å². The Kier molecular flexibility index (Phi) is 25.1. The van der Waals surface area contributed by atoms with Crippen LogP contribution in [-0.4, -0.2) is 236 Å². The molecule has 11 aliphatic rings. The lowest BCUT2D eigenvalue weighted by Gasteiger charge is -2.68. The Hall–Kier alpha value is -9.26.